The van der Waals surface area contributed by atoms with Gasteiger partial charge < -0.3 is 10.3 Å². The van der Waals surface area contributed by atoms with Crippen LogP contribution in [0.3, 0.4) is 0 Å². The molecule has 0 saturated carbocycles. The molecule has 0 atom stereocenters. The number of carbonyl (C=O) groups excluding carboxylic acids is 1. The van der Waals surface area contributed by atoms with E-state index < -0.39 is 0 Å². The first-order chi connectivity index (χ1) is 9.43. The van der Waals surface area contributed by atoms with Gasteiger partial charge in [-0.1, -0.05) is 0 Å². The van der Waals surface area contributed by atoms with Crippen molar-refractivity contribution in [3.8, 4) is 0 Å². The number of nitrogens with zero attached hydrogens (tertiary/aromatic N) is 3. The maximum absolute atomic E-state index is 12.5. The molecule has 2 rings (SSSR count). The first kappa shape index (κ1) is 14.7. The van der Waals surface area contributed by atoms with E-state index in [1.165, 1.54) is 0 Å². The summed E-state index contributed by atoms with van der Waals surface area (Å²) in [6.45, 7) is 9.83. The Bertz CT molecular complexity index is 475. The summed E-state index contributed by atoms with van der Waals surface area (Å²) >= 11 is 0. The molecule has 1 aromatic heterocycles. The summed E-state index contributed by atoms with van der Waals surface area (Å²) < 4.78 is 0. The molecule has 110 valence electrons. The number of carbonyl (C=O) groups is 1. The quantitative estimate of drug-likeness (QED) is 0.621. The van der Waals surface area contributed by atoms with Crippen LogP contribution in [0.2, 0.25) is 0 Å². The van der Waals surface area contributed by atoms with Gasteiger partial charge in [-0.15, -0.1) is 0 Å². The fourth-order valence-corrected chi connectivity index (χ4v) is 2.44. The Labute approximate surface area is 119 Å². The highest BCUT2D eigenvalue weighted by Crippen LogP contribution is 2.19. The normalized spacial score (nSPS) is 17.1. The zero-order chi connectivity index (χ0) is 14.8. The van der Waals surface area contributed by atoms with Crippen LogP contribution in [0.1, 0.15) is 31.1 Å². The Morgan fingerprint density at radius 3 is 2.50 bits per heavy atom. The molecule has 0 radical (unpaired) electrons. The van der Waals surface area contributed by atoms with Crippen LogP contribution in [0.15, 0.2) is 18.5 Å². The van der Waals surface area contributed by atoms with Crippen LogP contribution in [0.5, 0.6) is 0 Å². The van der Waals surface area contributed by atoms with Gasteiger partial charge in [-0.3, -0.25) is 20.5 Å². The van der Waals surface area contributed by atoms with Crippen molar-refractivity contribution in [2.45, 2.75) is 26.3 Å². The van der Waals surface area contributed by atoms with E-state index in [9.17, 15) is 4.79 Å². The minimum atomic E-state index is -0.0143. The van der Waals surface area contributed by atoms with Crippen molar-refractivity contribution in [2.24, 2.45) is 5.84 Å². The molecule has 1 amide bonds. The van der Waals surface area contributed by atoms with Crippen molar-refractivity contribution in [2.75, 3.05) is 31.6 Å². The van der Waals surface area contributed by atoms with Gasteiger partial charge in [0.15, 0.2) is 0 Å². The molecule has 1 aromatic rings. The number of piperazine rings is 1. The van der Waals surface area contributed by atoms with Gasteiger partial charge in [0.05, 0.1) is 11.3 Å². The van der Waals surface area contributed by atoms with E-state index in [-0.39, 0.29) is 11.4 Å². The van der Waals surface area contributed by atoms with Crippen LogP contribution >= 0.6 is 0 Å². The number of nitrogens with two attached hydrogens (primary N) is 1. The van der Waals surface area contributed by atoms with Crippen LogP contribution in [-0.4, -0.2) is 52.4 Å². The lowest BCUT2D eigenvalue weighted by Crippen LogP contribution is -2.54. The number of aromatic nitrogens is 1. The predicted molar refractivity (Wildman–Crippen MR) is 79.3 cm³/mol. The largest absolute Gasteiger partial charge is 0.336 e. The van der Waals surface area contributed by atoms with Gasteiger partial charge in [0.1, 0.15) is 0 Å². The van der Waals surface area contributed by atoms with E-state index in [0.717, 1.165) is 26.2 Å². The third-order valence-corrected chi connectivity index (χ3v) is 3.72. The maximum Gasteiger partial charge on any atom is 0.257 e. The molecule has 0 aromatic carbocycles. The third-order valence-electron chi connectivity index (χ3n) is 3.72. The lowest BCUT2D eigenvalue weighted by Gasteiger charge is -2.42. The van der Waals surface area contributed by atoms with E-state index in [1.54, 1.807) is 18.5 Å². The van der Waals surface area contributed by atoms with Crippen molar-refractivity contribution in [3.63, 3.8) is 0 Å². The summed E-state index contributed by atoms with van der Waals surface area (Å²) in [7, 11) is 0. The second-order valence-electron chi connectivity index (χ2n) is 6.02. The molecular formula is C14H23N5O. The third kappa shape index (κ3) is 3.08. The number of anilines is 1. The minimum absolute atomic E-state index is 0.0143. The standard InChI is InChI=1S/C14H23N5O/c1-14(2,3)19-8-6-18(7-9-19)13(20)11-10-16-5-4-12(11)17-15/h4-5,10H,6-9,15H2,1-3H3,(H,16,17). The zero-order valence-corrected chi connectivity index (χ0v) is 12.4. The van der Waals surface area contributed by atoms with Crippen molar-refractivity contribution in [1.29, 1.82) is 0 Å². The van der Waals surface area contributed by atoms with Crippen molar-refractivity contribution >= 4 is 11.6 Å². The topological polar surface area (TPSA) is 74.5 Å². The lowest BCUT2D eigenvalue weighted by molar-refractivity contribution is 0.0451. The number of nitrogen functional groups attached to an aromatic ring is 1. The second-order valence-corrected chi connectivity index (χ2v) is 6.02. The van der Waals surface area contributed by atoms with E-state index in [1.807, 2.05) is 4.90 Å². The number of hydrazine groups is 1. The summed E-state index contributed by atoms with van der Waals surface area (Å²) in [5, 5.41) is 0. The van der Waals surface area contributed by atoms with E-state index in [2.05, 4.69) is 36.1 Å². The van der Waals surface area contributed by atoms with Crippen molar-refractivity contribution in [3.05, 3.63) is 24.0 Å². The molecule has 6 heteroatoms. The Morgan fingerprint density at radius 1 is 1.30 bits per heavy atom. The van der Waals surface area contributed by atoms with Gasteiger partial charge in [0.25, 0.3) is 5.91 Å². The van der Waals surface area contributed by atoms with Crippen molar-refractivity contribution < 1.29 is 4.79 Å². The monoisotopic (exact) mass is 277 g/mol. The molecule has 6 nitrogen and oxygen atoms in total. The molecule has 1 fully saturated rings. The second kappa shape index (κ2) is 5.76. The number of pyridine rings is 1. The van der Waals surface area contributed by atoms with Crippen LogP contribution in [0.25, 0.3) is 0 Å². The summed E-state index contributed by atoms with van der Waals surface area (Å²) in [6.07, 6.45) is 3.18. The molecule has 0 aliphatic carbocycles. The SMILES string of the molecule is CC(C)(C)N1CCN(C(=O)c2cnccc2NN)CC1. The van der Waals surface area contributed by atoms with E-state index in [0.29, 0.717) is 11.3 Å². The molecule has 2 heterocycles. The van der Waals surface area contributed by atoms with Gasteiger partial charge in [-0.05, 0) is 26.8 Å². The molecule has 1 aliphatic heterocycles. The van der Waals surface area contributed by atoms with Gasteiger partial charge in [-0.2, -0.15) is 0 Å². The summed E-state index contributed by atoms with van der Waals surface area (Å²) in [4.78, 5) is 20.8. The van der Waals surface area contributed by atoms with Crippen LogP contribution < -0.4 is 11.3 Å². The first-order valence-electron chi connectivity index (χ1n) is 6.88. The van der Waals surface area contributed by atoms with Crippen molar-refractivity contribution in [1.82, 2.24) is 14.8 Å². The average Bonchev–Trinajstić information content (AvgIpc) is 2.45. The van der Waals surface area contributed by atoms with Crippen LogP contribution in [0, 0.1) is 0 Å². The van der Waals surface area contributed by atoms with Crippen LogP contribution in [0.4, 0.5) is 5.69 Å². The van der Waals surface area contributed by atoms with E-state index >= 15 is 0 Å². The highest BCUT2D eigenvalue weighted by Gasteiger charge is 2.28. The number of hydrogen-bond acceptors (Lipinski definition) is 5. The molecule has 3 N–H and O–H groups in total. The Kier molecular flexibility index (Phi) is 4.25. The highest BCUT2D eigenvalue weighted by atomic mass is 16.2. The number of rotatable bonds is 2. The molecule has 1 aliphatic rings. The Morgan fingerprint density at radius 2 is 1.95 bits per heavy atom. The fourth-order valence-electron chi connectivity index (χ4n) is 2.44. The molecular weight excluding hydrogens is 254 g/mol. The Balaban J connectivity index is 2.05. The Hall–Kier alpha value is -1.66. The zero-order valence-electron chi connectivity index (χ0n) is 12.4. The first-order valence-corrected chi connectivity index (χ1v) is 6.88. The number of hydrogen-bond donors (Lipinski definition) is 2. The lowest BCUT2D eigenvalue weighted by atomic mass is 10.0. The average molecular weight is 277 g/mol. The summed E-state index contributed by atoms with van der Waals surface area (Å²) in [5.74, 6) is 5.43. The smallest absolute Gasteiger partial charge is 0.257 e. The maximum atomic E-state index is 12.5. The highest BCUT2D eigenvalue weighted by molar-refractivity contribution is 5.99. The van der Waals surface area contributed by atoms with Gasteiger partial charge in [-0.25, -0.2) is 0 Å². The number of amides is 1. The molecule has 20 heavy (non-hydrogen) atoms. The van der Waals surface area contributed by atoms with E-state index in [4.69, 9.17) is 5.84 Å². The molecule has 0 bridgehead atoms. The van der Waals surface area contributed by atoms with Gasteiger partial charge in [0.2, 0.25) is 0 Å². The van der Waals surface area contributed by atoms with Crippen LogP contribution in [-0.2, 0) is 0 Å². The number of nitrogens with one attached hydrogen (secondary N) is 1. The summed E-state index contributed by atoms with van der Waals surface area (Å²) in [6, 6.07) is 1.71. The fraction of sp³-hybridized carbons (Fsp3) is 0.571. The predicted octanol–water partition coefficient (Wildman–Crippen LogP) is 0.924. The molecule has 1 saturated heterocycles. The van der Waals surface area contributed by atoms with Gasteiger partial charge in [0, 0.05) is 44.1 Å². The molecule has 0 unspecified atom stereocenters. The molecule has 0 spiro atoms. The van der Waals surface area contributed by atoms with Gasteiger partial charge >= 0.3 is 0 Å². The summed E-state index contributed by atoms with van der Waals surface area (Å²) in [5.41, 5.74) is 3.84. The minimum Gasteiger partial charge on any atom is -0.336 e.